The first-order chi connectivity index (χ1) is 37.4. The molecule has 12 nitrogen and oxygen atoms in total. The van der Waals surface area contributed by atoms with Crippen molar-refractivity contribution >= 4 is 35.8 Å². The number of ether oxygens (including phenoxy) is 6. The minimum atomic E-state index is -0.594. The van der Waals surface area contributed by atoms with Gasteiger partial charge in [-0.3, -0.25) is 9.59 Å². The molecule has 0 heterocycles. The number of rotatable bonds is 30. The molecule has 2 atom stereocenters. The summed E-state index contributed by atoms with van der Waals surface area (Å²) in [7, 11) is 0. The molecule has 6 rings (SSSR count). The number of esters is 6. The van der Waals surface area contributed by atoms with E-state index in [4.69, 9.17) is 28.4 Å². The molecule has 0 radical (unpaired) electrons. The van der Waals surface area contributed by atoms with E-state index in [0.29, 0.717) is 22.6 Å². The summed E-state index contributed by atoms with van der Waals surface area (Å²) in [6, 6.07) is 40.3. The molecule has 0 aliphatic heterocycles. The first-order valence-corrected chi connectivity index (χ1v) is 27.3. The maximum Gasteiger partial charge on any atom is 0.343 e. The molecule has 0 saturated carbocycles. The van der Waals surface area contributed by atoms with Crippen LogP contribution in [0.25, 0.3) is 22.3 Å². The number of carbonyl (C=O) groups is 6. The Kier molecular flexibility index (Phi) is 23.7. The highest BCUT2D eigenvalue weighted by molar-refractivity contribution is 5.93. The van der Waals surface area contributed by atoms with E-state index in [1.807, 2.05) is 62.4 Å². The summed E-state index contributed by atoms with van der Waals surface area (Å²) in [5, 5.41) is 0. The fourth-order valence-corrected chi connectivity index (χ4v) is 8.46. The molecule has 404 valence electrons. The van der Waals surface area contributed by atoms with Gasteiger partial charge >= 0.3 is 35.8 Å². The van der Waals surface area contributed by atoms with Crippen molar-refractivity contribution in [3.05, 3.63) is 168 Å². The molecule has 0 aliphatic carbocycles. The van der Waals surface area contributed by atoms with E-state index in [0.717, 1.165) is 60.8 Å². The maximum atomic E-state index is 12.9. The van der Waals surface area contributed by atoms with Gasteiger partial charge in [0.2, 0.25) is 0 Å². The minimum absolute atomic E-state index is 0.0580. The van der Waals surface area contributed by atoms with Crippen LogP contribution in [-0.4, -0.2) is 48.0 Å². The van der Waals surface area contributed by atoms with Gasteiger partial charge in [0.25, 0.3) is 0 Å². The van der Waals surface area contributed by atoms with E-state index in [1.165, 1.54) is 99.9 Å². The van der Waals surface area contributed by atoms with E-state index in [9.17, 15) is 28.8 Å². The molecule has 0 aromatic heterocycles. The van der Waals surface area contributed by atoms with E-state index in [1.54, 1.807) is 48.5 Å². The average Bonchev–Trinajstić information content (AvgIpc) is 3.44. The van der Waals surface area contributed by atoms with Gasteiger partial charge in [0.15, 0.2) is 0 Å². The van der Waals surface area contributed by atoms with Gasteiger partial charge in [0, 0.05) is 12.8 Å². The summed E-state index contributed by atoms with van der Waals surface area (Å²) in [4.78, 5) is 76.4. The topological polar surface area (TPSA) is 158 Å². The lowest BCUT2D eigenvalue weighted by Crippen LogP contribution is -2.15. The standard InChI is InChI=1S/C65H72O12/c1-5-7-9-11-13-15-18-46(3)72-62(68)52-26-22-48(23-27-52)50-30-38-58(39-31-50)76-64(70)54-34-42-56(43-35-54)74-60(66)20-17-21-61(67)75-57-44-36-55(37-45-57)65(71)77-59-40-32-51(33-41-59)49-24-28-53(29-25-49)63(69)73-47(4)19-16-14-12-10-8-6-2/h22-47H,5-21H2,1-4H3. The summed E-state index contributed by atoms with van der Waals surface area (Å²) >= 11 is 0. The second-order valence-electron chi connectivity index (χ2n) is 19.4. The number of carbonyl (C=O) groups excluding carboxylic acids is 6. The first kappa shape index (κ1) is 58.4. The number of benzene rings is 6. The lowest BCUT2D eigenvalue weighted by atomic mass is 10.0. The summed E-state index contributed by atoms with van der Waals surface area (Å²) in [6.45, 7) is 8.28. The van der Waals surface area contributed by atoms with Crippen LogP contribution >= 0.6 is 0 Å². The highest BCUT2D eigenvalue weighted by atomic mass is 16.6. The van der Waals surface area contributed by atoms with Crippen molar-refractivity contribution in [1.82, 2.24) is 0 Å². The van der Waals surface area contributed by atoms with Crippen LogP contribution < -0.4 is 18.9 Å². The van der Waals surface area contributed by atoms with Gasteiger partial charge < -0.3 is 28.4 Å². The smallest absolute Gasteiger partial charge is 0.343 e. The minimum Gasteiger partial charge on any atom is -0.459 e. The molecule has 6 aromatic rings. The van der Waals surface area contributed by atoms with Crippen LogP contribution in [0.3, 0.4) is 0 Å². The molecule has 2 unspecified atom stereocenters. The monoisotopic (exact) mass is 1040 g/mol. The molecular formula is C65H72O12. The van der Waals surface area contributed by atoms with Crippen molar-refractivity contribution < 1.29 is 57.2 Å². The number of hydrogen-bond donors (Lipinski definition) is 0. The molecule has 0 fully saturated rings. The van der Waals surface area contributed by atoms with Crippen LogP contribution in [-0.2, 0) is 19.1 Å². The summed E-state index contributed by atoms with van der Waals surface area (Å²) in [5.74, 6) is -1.86. The molecule has 0 amide bonds. The van der Waals surface area contributed by atoms with Crippen molar-refractivity contribution in [2.75, 3.05) is 0 Å². The number of hydrogen-bond acceptors (Lipinski definition) is 12. The third-order valence-electron chi connectivity index (χ3n) is 13.0. The van der Waals surface area contributed by atoms with Crippen molar-refractivity contribution in [2.45, 2.75) is 149 Å². The van der Waals surface area contributed by atoms with Gasteiger partial charge in [0.05, 0.1) is 34.5 Å². The highest BCUT2D eigenvalue weighted by Gasteiger charge is 2.17. The lowest BCUT2D eigenvalue weighted by molar-refractivity contribution is -0.136. The Morgan fingerprint density at radius 3 is 0.909 bits per heavy atom. The molecule has 0 saturated heterocycles. The molecule has 6 aromatic carbocycles. The van der Waals surface area contributed by atoms with Crippen LogP contribution in [0.4, 0.5) is 0 Å². The molecular weight excluding hydrogens is 973 g/mol. The lowest BCUT2D eigenvalue weighted by Gasteiger charge is -2.13. The summed E-state index contributed by atoms with van der Waals surface area (Å²) in [5.41, 5.74) is 5.01. The van der Waals surface area contributed by atoms with Gasteiger partial charge in [-0.2, -0.15) is 0 Å². The zero-order chi connectivity index (χ0) is 54.8. The number of unbranched alkanes of at least 4 members (excludes halogenated alkanes) is 10. The second kappa shape index (κ2) is 31.3. The molecule has 77 heavy (non-hydrogen) atoms. The van der Waals surface area contributed by atoms with Crippen LogP contribution in [0.2, 0.25) is 0 Å². The third kappa shape index (κ3) is 20.0. The van der Waals surface area contributed by atoms with Gasteiger partial charge in [-0.25, -0.2) is 19.2 Å². The van der Waals surface area contributed by atoms with Crippen molar-refractivity contribution in [1.29, 1.82) is 0 Å². The van der Waals surface area contributed by atoms with Gasteiger partial charge in [-0.1, -0.05) is 127 Å². The normalized spacial score (nSPS) is 11.7. The van der Waals surface area contributed by atoms with Crippen molar-refractivity contribution in [3.8, 4) is 45.3 Å². The summed E-state index contributed by atoms with van der Waals surface area (Å²) < 4.78 is 33.3. The molecule has 0 aliphatic rings. The van der Waals surface area contributed by atoms with E-state index in [2.05, 4.69) is 13.8 Å². The fraction of sp³-hybridized carbons (Fsp3) is 0.354. The van der Waals surface area contributed by atoms with Crippen molar-refractivity contribution in [2.24, 2.45) is 0 Å². The maximum absolute atomic E-state index is 12.9. The Morgan fingerprint density at radius 2 is 0.571 bits per heavy atom. The largest absolute Gasteiger partial charge is 0.459 e. The molecule has 0 N–H and O–H groups in total. The van der Waals surface area contributed by atoms with E-state index >= 15 is 0 Å². The summed E-state index contributed by atoms with van der Waals surface area (Å²) in [6.07, 6.45) is 15.8. The Bertz CT molecular complexity index is 2610. The molecule has 12 heteroatoms. The van der Waals surface area contributed by atoms with E-state index < -0.39 is 23.9 Å². The van der Waals surface area contributed by atoms with Crippen LogP contribution in [0.5, 0.6) is 23.0 Å². The average molecular weight is 1050 g/mol. The van der Waals surface area contributed by atoms with Gasteiger partial charge in [0.1, 0.15) is 23.0 Å². The van der Waals surface area contributed by atoms with Crippen LogP contribution in [0.15, 0.2) is 146 Å². The van der Waals surface area contributed by atoms with Gasteiger partial charge in [-0.15, -0.1) is 0 Å². The SMILES string of the molecule is CCCCCCCCC(C)OC(=O)c1ccc(-c2ccc(OC(=O)c3ccc(OC(=O)CCCC(=O)Oc4ccc(C(=O)Oc5ccc(-c6ccc(C(=O)OC(C)CCCCCCCC)cc6)cc5)cc4)cc3)cc2)cc1. The van der Waals surface area contributed by atoms with Crippen LogP contribution in [0.1, 0.15) is 178 Å². The Balaban J connectivity index is 0.849. The zero-order valence-corrected chi connectivity index (χ0v) is 44.9. The van der Waals surface area contributed by atoms with Gasteiger partial charge in [-0.05, 0) is 165 Å². The highest BCUT2D eigenvalue weighted by Crippen LogP contribution is 2.27. The molecule has 0 bridgehead atoms. The zero-order valence-electron chi connectivity index (χ0n) is 44.9. The Labute approximate surface area is 453 Å². The quantitative estimate of drug-likeness (QED) is 0.0239. The Hall–Kier alpha value is -7.86. The van der Waals surface area contributed by atoms with Crippen LogP contribution in [0, 0.1) is 0 Å². The van der Waals surface area contributed by atoms with Crippen molar-refractivity contribution in [3.63, 3.8) is 0 Å². The fourth-order valence-electron chi connectivity index (χ4n) is 8.46. The predicted molar refractivity (Wildman–Crippen MR) is 297 cm³/mol. The Morgan fingerprint density at radius 1 is 0.312 bits per heavy atom. The second-order valence-corrected chi connectivity index (χ2v) is 19.4. The predicted octanol–water partition coefficient (Wildman–Crippen LogP) is 15.7. The third-order valence-corrected chi connectivity index (χ3v) is 13.0. The van der Waals surface area contributed by atoms with E-state index in [-0.39, 0.29) is 66.0 Å². The first-order valence-electron chi connectivity index (χ1n) is 27.3. The molecule has 0 spiro atoms.